The Bertz CT molecular complexity index is 268. The second-order valence-electron chi connectivity index (χ2n) is 7.93. The highest BCUT2D eigenvalue weighted by molar-refractivity contribution is 6.89. The van der Waals surface area contributed by atoms with Crippen LogP contribution in [0.2, 0.25) is 25.7 Å². The first-order chi connectivity index (χ1) is 10.2. The van der Waals surface area contributed by atoms with Gasteiger partial charge in [-0.05, 0) is 44.4 Å². The molecule has 0 rings (SSSR count). The Hall–Kier alpha value is 0.314. The van der Waals surface area contributed by atoms with Crippen LogP contribution in [-0.2, 0) is 0 Å². The number of hydrogen-bond donors (Lipinski definition) is 2. The van der Waals surface area contributed by atoms with Crippen LogP contribution in [0, 0.1) is 5.92 Å². The molecule has 0 atom stereocenters. The van der Waals surface area contributed by atoms with Crippen molar-refractivity contribution in [3.8, 4) is 0 Å². The average Bonchev–Trinajstić information content (AvgIpc) is 2.37. The second-order valence-corrected chi connectivity index (χ2v) is 16.6. The van der Waals surface area contributed by atoms with E-state index >= 15 is 0 Å². The number of rotatable bonds is 13. The van der Waals surface area contributed by atoms with Crippen LogP contribution in [0.3, 0.4) is 0 Å². The summed E-state index contributed by atoms with van der Waals surface area (Å²) >= 11 is 0. The summed E-state index contributed by atoms with van der Waals surface area (Å²) in [7, 11) is -3.14. The zero-order chi connectivity index (χ0) is 17.2. The molecule has 0 aromatic carbocycles. The largest absolute Gasteiger partial charge is 0.322 e. The van der Waals surface area contributed by atoms with Crippen molar-refractivity contribution in [3.05, 3.63) is 0 Å². The smallest absolute Gasteiger partial charge is 0.277 e. The summed E-state index contributed by atoms with van der Waals surface area (Å²) in [5, 5.41) is 0. The Balaban J connectivity index is 5.37. The Morgan fingerprint density at radius 2 is 1.32 bits per heavy atom. The van der Waals surface area contributed by atoms with Crippen LogP contribution in [-0.4, -0.2) is 40.7 Å². The van der Waals surface area contributed by atoms with Gasteiger partial charge >= 0.3 is 0 Å². The molecule has 5 heteroatoms. The molecule has 22 heavy (non-hydrogen) atoms. The predicted molar refractivity (Wildman–Crippen MR) is 107 cm³/mol. The molecule has 0 bridgehead atoms. The van der Waals surface area contributed by atoms with Crippen LogP contribution < -0.4 is 9.96 Å². The van der Waals surface area contributed by atoms with Gasteiger partial charge in [0.1, 0.15) is 8.24 Å². The lowest BCUT2D eigenvalue weighted by Gasteiger charge is -2.49. The molecule has 0 aliphatic rings. The van der Waals surface area contributed by atoms with E-state index in [1.54, 1.807) is 0 Å². The molecule has 2 N–H and O–H groups in total. The molecule has 3 nitrogen and oxygen atoms in total. The molecular weight excluding hydrogens is 302 g/mol. The van der Waals surface area contributed by atoms with E-state index in [1.807, 2.05) is 0 Å². The van der Waals surface area contributed by atoms with Crippen molar-refractivity contribution < 1.29 is 0 Å². The fraction of sp³-hybridized carbons (Fsp3) is 1.00. The molecule has 0 aliphatic heterocycles. The van der Waals surface area contributed by atoms with E-state index in [-0.39, 0.29) is 0 Å². The maximum Gasteiger partial charge on any atom is 0.277 e. The zero-order valence-electron chi connectivity index (χ0n) is 16.7. The lowest BCUT2D eigenvalue weighted by atomic mass is 10.3. The average molecular weight is 346 g/mol. The number of nitrogens with one attached hydrogen (secondary N) is 2. The van der Waals surface area contributed by atoms with E-state index < -0.39 is 16.8 Å². The minimum Gasteiger partial charge on any atom is -0.322 e. The first-order valence-electron chi connectivity index (χ1n) is 9.51. The van der Waals surface area contributed by atoms with E-state index in [9.17, 15) is 0 Å². The molecule has 0 aliphatic carbocycles. The van der Waals surface area contributed by atoms with Gasteiger partial charge in [-0.1, -0.05) is 67.1 Å². The molecule has 0 radical (unpaired) electrons. The highest BCUT2D eigenvalue weighted by Gasteiger charge is 2.45. The maximum atomic E-state index is 4.07. The Morgan fingerprint density at radius 3 is 1.59 bits per heavy atom. The summed E-state index contributed by atoms with van der Waals surface area (Å²) < 4.78 is 2.89. The van der Waals surface area contributed by atoms with Gasteiger partial charge in [-0.25, -0.2) is 0 Å². The van der Waals surface area contributed by atoms with Crippen molar-refractivity contribution in [2.75, 3.05) is 19.6 Å². The van der Waals surface area contributed by atoms with Crippen LogP contribution in [0.4, 0.5) is 0 Å². The molecular formula is C17H43N3Si2. The van der Waals surface area contributed by atoms with Gasteiger partial charge in [-0.2, -0.15) is 0 Å². The molecule has 0 saturated carbocycles. The van der Waals surface area contributed by atoms with E-state index in [0.717, 1.165) is 19.0 Å². The highest BCUT2D eigenvalue weighted by Crippen LogP contribution is 2.23. The van der Waals surface area contributed by atoms with Crippen LogP contribution in [0.15, 0.2) is 0 Å². The first kappa shape index (κ1) is 22.3. The quantitative estimate of drug-likeness (QED) is 0.380. The third-order valence-electron chi connectivity index (χ3n) is 4.19. The summed E-state index contributed by atoms with van der Waals surface area (Å²) in [5.74, 6) is 0.736. The van der Waals surface area contributed by atoms with Gasteiger partial charge in [-0.3, -0.25) is 0 Å². The second kappa shape index (κ2) is 11.0. The third-order valence-corrected chi connectivity index (χ3v) is 13.6. The summed E-state index contributed by atoms with van der Waals surface area (Å²) in [6.07, 6.45) is 5.11. The van der Waals surface area contributed by atoms with E-state index in [4.69, 9.17) is 0 Å². The monoisotopic (exact) mass is 345 g/mol. The standard InChI is InChI=1S/C17H43N3Si2/c1-9-12-14-18-22(16-17(4)5,19-15-13-10-2)20(11-3)21(6,7)8/h17-19H,9-16H2,1-8H3. The SMILES string of the molecule is CCCCN[Si](CC(C)C)(NCCCC)N(CC)[Si](C)(C)C. The maximum absolute atomic E-state index is 4.07. The van der Waals surface area contributed by atoms with Crippen molar-refractivity contribution in [3.63, 3.8) is 0 Å². The molecule has 134 valence electrons. The highest BCUT2D eigenvalue weighted by atomic mass is 28.4. The number of hydrogen-bond acceptors (Lipinski definition) is 3. The van der Waals surface area contributed by atoms with Crippen molar-refractivity contribution in [2.24, 2.45) is 5.92 Å². The molecule has 0 heterocycles. The molecule has 0 spiro atoms. The molecule has 0 unspecified atom stereocenters. The lowest BCUT2D eigenvalue weighted by Crippen LogP contribution is -2.78. The van der Waals surface area contributed by atoms with Crippen LogP contribution in [0.1, 0.15) is 60.3 Å². The van der Waals surface area contributed by atoms with E-state index in [0.29, 0.717) is 0 Å². The van der Waals surface area contributed by atoms with Gasteiger partial charge in [0.2, 0.25) is 0 Å². The molecule has 0 aromatic rings. The van der Waals surface area contributed by atoms with Gasteiger partial charge in [0.15, 0.2) is 0 Å². The molecule has 0 amide bonds. The lowest BCUT2D eigenvalue weighted by molar-refractivity contribution is 0.533. The van der Waals surface area contributed by atoms with Crippen molar-refractivity contribution >= 4 is 16.8 Å². The Kier molecular flexibility index (Phi) is 11.1. The van der Waals surface area contributed by atoms with Crippen LogP contribution >= 0.6 is 0 Å². The minimum atomic E-state index is -1.80. The summed E-state index contributed by atoms with van der Waals surface area (Å²) in [6, 6.07) is 1.30. The summed E-state index contributed by atoms with van der Waals surface area (Å²) in [4.78, 5) is 8.14. The first-order valence-corrected chi connectivity index (χ1v) is 15.1. The predicted octanol–water partition coefficient (Wildman–Crippen LogP) is 4.52. The van der Waals surface area contributed by atoms with Crippen LogP contribution in [0.25, 0.3) is 0 Å². The van der Waals surface area contributed by atoms with Gasteiger partial charge in [0.25, 0.3) is 8.56 Å². The van der Waals surface area contributed by atoms with Gasteiger partial charge in [0, 0.05) is 0 Å². The zero-order valence-corrected chi connectivity index (χ0v) is 18.7. The van der Waals surface area contributed by atoms with E-state index in [2.05, 4.69) is 68.5 Å². The van der Waals surface area contributed by atoms with Gasteiger partial charge in [0.05, 0.1) is 0 Å². The van der Waals surface area contributed by atoms with E-state index in [1.165, 1.54) is 38.3 Å². The van der Waals surface area contributed by atoms with Crippen molar-refractivity contribution in [1.29, 1.82) is 0 Å². The number of unbranched alkanes of at least 4 members (excludes halogenated alkanes) is 2. The molecule has 0 aromatic heterocycles. The van der Waals surface area contributed by atoms with Crippen molar-refractivity contribution in [2.45, 2.75) is 86.0 Å². The van der Waals surface area contributed by atoms with Gasteiger partial charge in [-0.15, -0.1) is 0 Å². The van der Waals surface area contributed by atoms with Gasteiger partial charge < -0.3 is 14.2 Å². The Morgan fingerprint density at radius 1 is 0.864 bits per heavy atom. The third kappa shape index (κ3) is 7.73. The summed E-state index contributed by atoms with van der Waals surface area (Å²) in [6.45, 7) is 22.7. The Labute approximate surface area is 143 Å². The molecule has 0 fully saturated rings. The fourth-order valence-corrected chi connectivity index (χ4v) is 13.6. The summed E-state index contributed by atoms with van der Waals surface area (Å²) in [5.41, 5.74) is 0. The van der Waals surface area contributed by atoms with Crippen molar-refractivity contribution in [1.82, 2.24) is 14.2 Å². The topological polar surface area (TPSA) is 27.3 Å². The normalized spacial score (nSPS) is 13.4. The molecule has 0 saturated heterocycles. The van der Waals surface area contributed by atoms with Crippen LogP contribution in [0.5, 0.6) is 0 Å². The minimum absolute atomic E-state index is 0.736. The number of nitrogens with zero attached hydrogens (tertiary/aromatic N) is 1. The fourth-order valence-electron chi connectivity index (χ4n) is 3.36.